The summed E-state index contributed by atoms with van der Waals surface area (Å²) in [6.45, 7) is 2.05. The summed E-state index contributed by atoms with van der Waals surface area (Å²) in [4.78, 5) is 11.2. The standard InChI is InChI=1S/C12H11IN2O2S2/c1-7-3-4-8(9(13)5-7)11-12(19-15-14-11)18-6-10(16)17-2/h3-5H,6H2,1-2H3. The summed E-state index contributed by atoms with van der Waals surface area (Å²) in [6.07, 6.45) is 0. The Kier molecular flexibility index (Phi) is 5.17. The Hall–Kier alpha value is -0.670. The number of methoxy groups -OCH3 is 1. The van der Waals surface area contributed by atoms with Crippen LogP contribution in [0.4, 0.5) is 0 Å². The SMILES string of the molecule is COC(=O)CSc1snnc1-c1ccc(C)cc1I. The van der Waals surface area contributed by atoms with Gasteiger partial charge in [0.15, 0.2) is 0 Å². The highest BCUT2D eigenvalue weighted by atomic mass is 127. The van der Waals surface area contributed by atoms with E-state index in [0.717, 1.165) is 19.0 Å². The third-order valence-electron chi connectivity index (χ3n) is 2.39. The van der Waals surface area contributed by atoms with Gasteiger partial charge in [0.05, 0.1) is 12.9 Å². The maximum absolute atomic E-state index is 11.2. The van der Waals surface area contributed by atoms with E-state index in [-0.39, 0.29) is 11.7 Å². The van der Waals surface area contributed by atoms with Crippen LogP contribution >= 0.6 is 45.9 Å². The van der Waals surface area contributed by atoms with Gasteiger partial charge in [0.2, 0.25) is 0 Å². The normalized spacial score (nSPS) is 10.5. The molecule has 0 N–H and O–H groups in total. The van der Waals surface area contributed by atoms with Gasteiger partial charge in [-0.1, -0.05) is 33.9 Å². The number of esters is 1. The van der Waals surface area contributed by atoms with Crippen LogP contribution in [0.2, 0.25) is 0 Å². The molecule has 0 aliphatic rings. The zero-order valence-corrected chi connectivity index (χ0v) is 14.1. The predicted molar refractivity (Wildman–Crippen MR) is 85.5 cm³/mol. The summed E-state index contributed by atoms with van der Waals surface area (Å²) >= 11 is 5.00. The van der Waals surface area contributed by atoms with E-state index >= 15 is 0 Å². The molecule has 1 heterocycles. The minimum absolute atomic E-state index is 0.247. The average Bonchev–Trinajstić information content (AvgIpc) is 2.84. The number of carbonyl (C=O) groups excluding carboxylic acids is 1. The van der Waals surface area contributed by atoms with Crippen molar-refractivity contribution in [2.45, 2.75) is 11.1 Å². The number of hydrogen-bond acceptors (Lipinski definition) is 6. The Morgan fingerprint density at radius 1 is 1.53 bits per heavy atom. The van der Waals surface area contributed by atoms with E-state index in [1.54, 1.807) is 0 Å². The molecule has 0 aliphatic carbocycles. The maximum atomic E-state index is 11.2. The van der Waals surface area contributed by atoms with Crippen LogP contribution in [0.25, 0.3) is 11.3 Å². The van der Waals surface area contributed by atoms with Gasteiger partial charge in [0.1, 0.15) is 9.90 Å². The monoisotopic (exact) mass is 406 g/mol. The number of ether oxygens (including phenoxy) is 1. The molecule has 19 heavy (non-hydrogen) atoms. The van der Waals surface area contributed by atoms with Crippen LogP contribution in [-0.2, 0) is 9.53 Å². The summed E-state index contributed by atoms with van der Waals surface area (Å²) in [7, 11) is 1.39. The lowest BCUT2D eigenvalue weighted by molar-refractivity contribution is -0.137. The molecule has 0 aliphatic heterocycles. The van der Waals surface area contributed by atoms with Crippen LogP contribution in [0.15, 0.2) is 22.4 Å². The fourth-order valence-electron chi connectivity index (χ4n) is 1.44. The minimum atomic E-state index is -0.247. The van der Waals surface area contributed by atoms with Crippen LogP contribution in [-0.4, -0.2) is 28.4 Å². The van der Waals surface area contributed by atoms with Crippen molar-refractivity contribution in [2.75, 3.05) is 12.9 Å². The fraction of sp³-hybridized carbons (Fsp3) is 0.250. The van der Waals surface area contributed by atoms with Gasteiger partial charge in [-0.05, 0) is 47.1 Å². The molecule has 4 nitrogen and oxygen atoms in total. The van der Waals surface area contributed by atoms with Gasteiger partial charge in [0.25, 0.3) is 0 Å². The first-order chi connectivity index (χ1) is 9.11. The lowest BCUT2D eigenvalue weighted by Gasteiger charge is -2.04. The largest absolute Gasteiger partial charge is 0.468 e. The molecule has 0 atom stereocenters. The quantitative estimate of drug-likeness (QED) is 0.443. The van der Waals surface area contributed by atoms with Crippen molar-refractivity contribution in [3.63, 3.8) is 0 Å². The Labute approximate surface area is 133 Å². The molecule has 2 aromatic rings. The van der Waals surface area contributed by atoms with E-state index in [1.165, 1.54) is 36.0 Å². The number of nitrogens with zero attached hydrogens (tertiary/aromatic N) is 2. The van der Waals surface area contributed by atoms with E-state index in [9.17, 15) is 4.79 Å². The van der Waals surface area contributed by atoms with E-state index in [1.807, 2.05) is 12.1 Å². The molecule has 7 heteroatoms. The number of benzene rings is 1. The average molecular weight is 406 g/mol. The third kappa shape index (κ3) is 3.67. The number of aromatic nitrogens is 2. The molecule has 1 aromatic carbocycles. The van der Waals surface area contributed by atoms with E-state index in [0.29, 0.717) is 0 Å². The second-order valence-corrected chi connectivity index (χ2v) is 6.92. The lowest BCUT2D eigenvalue weighted by Crippen LogP contribution is -2.02. The molecule has 0 bridgehead atoms. The first-order valence-electron chi connectivity index (χ1n) is 5.40. The summed E-state index contributed by atoms with van der Waals surface area (Å²) < 4.78 is 10.7. The van der Waals surface area contributed by atoms with E-state index < -0.39 is 0 Å². The van der Waals surface area contributed by atoms with Crippen molar-refractivity contribution >= 4 is 51.9 Å². The molecular weight excluding hydrogens is 395 g/mol. The van der Waals surface area contributed by atoms with E-state index in [2.05, 4.69) is 49.9 Å². The highest BCUT2D eigenvalue weighted by Gasteiger charge is 2.15. The van der Waals surface area contributed by atoms with Crippen molar-refractivity contribution in [3.8, 4) is 11.3 Å². The molecule has 0 fully saturated rings. The number of carbonyl (C=O) groups is 1. The highest BCUT2D eigenvalue weighted by Crippen LogP contribution is 2.35. The maximum Gasteiger partial charge on any atom is 0.316 e. The Morgan fingerprint density at radius 3 is 3.00 bits per heavy atom. The van der Waals surface area contributed by atoms with Gasteiger partial charge in [-0.15, -0.1) is 5.10 Å². The molecule has 0 saturated carbocycles. The molecule has 1 aromatic heterocycles. The molecule has 100 valence electrons. The van der Waals surface area contributed by atoms with Crippen molar-refractivity contribution in [1.82, 2.24) is 9.59 Å². The molecule has 0 unspecified atom stereocenters. The number of halogens is 1. The number of aryl methyl sites for hydroxylation is 1. The predicted octanol–water partition coefficient (Wildman–Crippen LogP) is 3.38. The molecular formula is C12H11IN2O2S2. The second kappa shape index (κ2) is 6.67. The summed E-state index contributed by atoms with van der Waals surface area (Å²) in [5, 5.41) is 4.17. The van der Waals surface area contributed by atoms with Crippen molar-refractivity contribution in [1.29, 1.82) is 0 Å². The second-order valence-electron chi connectivity index (χ2n) is 3.76. The Morgan fingerprint density at radius 2 is 2.32 bits per heavy atom. The first kappa shape index (κ1) is 14.7. The van der Waals surface area contributed by atoms with Crippen molar-refractivity contribution in [3.05, 3.63) is 27.3 Å². The van der Waals surface area contributed by atoms with Crippen molar-refractivity contribution in [2.24, 2.45) is 0 Å². The molecule has 0 amide bonds. The number of thioether (sulfide) groups is 1. The van der Waals surface area contributed by atoms with Crippen LogP contribution in [0.3, 0.4) is 0 Å². The number of rotatable bonds is 4. The van der Waals surface area contributed by atoms with E-state index in [4.69, 9.17) is 0 Å². The topological polar surface area (TPSA) is 52.1 Å². The third-order valence-corrected chi connectivity index (χ3v) is 5.21. The minimum Gasteiger partial charge on any atom is -0.468 e. The Balaban J connectivity index is 2.26. The first-order valence-corrected chi connectivity index (χ1v) is 8.24. The number of hydrogen-bond donors (Lipinski definition) is 0. The smallest absolute Gasteiger partial charge is 0.316 e. The summed E-state index contributed by atoms with van der Waals surface area (Å²) in [5.74, 6) is 0.0264. The van der Waals surface area contributed by atoms with Crippen molar-refractivity contribution < 1.29 is 9.53 Å². The van der Waals surface area contributed by atoms with Gasteiger partial charge in [-0.25, -0.2) is 0 Å². The molecule has 0 radical (unpaired) electrons. The molecule has 2 rings (SSSR count). The Bertz CT molecular complexity index is 601. The van der Waals surface area contributed by atoms with Gasteiger partial charge < -0.3 is 4.74 Å². The van der Waals surface area contributed by atoms with Gasteiger partial charge in [-0.3, -0.25) is 4.79 Å². The van der Waals surface area contributed by atoms with Gasteiger partial charge >= 0.3 is 5.97 Å². The van der Waals surface area contributed by atoms with Crippen LogP contribution in [0, 0.1) is 10.5 Å². The van der Waals surface area contributed by atoms with Crippen LogP contribution in [0.5, 0.6) is 0 Å². The lowest BCUT2D eigenvalue weighted by atomic mass is 10.1. The zero-order valence-electron chi connectivity index (χ0n) is 10.3. The fourth-order valence-corrected chi connectivity index (χ4v) is 3.94. The molecule has 0 saturated heterocycles. The van der Waals surface area contributed by atoms with Gasteiger partial charge in [0, 0.05) is 9.13 Å². The summed E-state index contributed by atoms with van der Waals surface area (Å²) in [5.41, 5.74) is 3.09. The van der Waals surface area contributed by atoms with Crippen LogP contribution in [0.1, 0.15) is 5.56 Å². The highest BCUT2D eigenvalue weighted by molar-refractivity contribution is 14.1. The summed E-state index contributed by atoms with van der Waals surface area (Å²) in [6, 6.07) is 6.19. The zero-order chi connectivity index (χ0) is 13.8. The van der Waals surface area contributed by atoms with Gasteiger partial charge in [-0.2, -0.15) is 0 Å². The molecule has 0 spiro atoms. The van der Waals surface area contributed by atoms with Crippen LogP contribution < -0.4 is 0 Å².